The van der Waals surface area contributed by atoms with Crippen molar-refractivity contribution in [1.82, 2.24) is 4.31 Å². The predicted molar refractivity (Wildman–Crippen MR) is 96.3 cm³/mol. The average molecular weight is 360 g/mol. The van der Waals surface area contributed by atoms with Gasteiger partial charge in [-0.25, -0.2) is 8.42 Å². The van der Waals surface area contributed by atoms with E-state index in [0.29, 0.717) is 36.5 Å². The van der Waals surface area contributed by atoms with Crippen LogP contribution in [-0.2, 0) is 23.0 Å². The van der Waals surface area contributed by atoms with Crippen LogP contribution in [0.15, 0.2) is 42.5 Å². The molecule has 1 heterocycles. The van der Waals surface area contributed by atoms with Crippen LogP contribution in [0, 0.1) is 0 Å². The maximum absolute atomic E-state index is 12.4. The lowest BCUT2D eigenvalue weighted by atomic mass is 10.0. The zero-order chi connectivity index (χ0) is 18.0. The molecule has 3 rings (SSSR count). The first-order valence-electron chi connectivity index (χ1n) is 7.89. The molecule has 1 amide bonds. The molecular formula is C18H20N2O4S. The molecule has 0 atom stereocenters. The van der Waals surface area contributed by atoms with E-state index < -0.39 is 10.0 Å². The van der Waals surface area contributed by atoms with Crippen molar-refractivity contribution in [2.45, 2.75) is 13.0 Å². The number of hydrogen-bond acceptors (Lipinski definition) is 4. The molecule has 6 nitrogen and oxygen atoms in total. The maximum Gasteiger partial charge on any atom is 0.255 e. The molecule has 0 radical (unpaired) electrons. The Morgan fingerprint density at radius 3 is 2.68 bits per heavy atom. The van der Waals surface area contributed by atoms with Crippen molar-refractivity contribution in [3.63, 3.8) is 0 Å². The second-order valence-corrected chi connectivity index (χ2v) is 8.00. The van der Waals surface area contributed by atoms with Gasteiger partial charge in [-0.3, -0.25) is 4.79 Å². The number of methoxy groups -OCH3 is 1. The van der Waals surface area contributed by atoms with Gasteiger partial charge in [-0.15, -0.1) is 0 Å². The van der Waals surface area contributed by atoms with E-state index in [-0.39, 0.29) is 5.91 Å². The Morgan fingerprint density at radius 1 is 1.16 bits per heavy atom. The highest BCUT2D eigenvalue weighted by molar-refractivity contribution is 7.88. The normalized spacial score (nSPS) is 14.6. The minimum atomic E-state index is -3.22. The summed E-state index contributed by atoms with van der Waals surface area (Å²) in [6.07, 6.45) is 1.89. The van der Waals surface area contributed by atoms with Crippen LogP contribution in [-0.4, -0.2) is 38.5 Å². The number of nitrogens with zero attached hydrogens (tertiary/aromatic N) is 1. The third-order valence-electron chi connectivity index (χ3n) is 4.24. The summed E-state index contributed by atoms with van der Waals surface area (Å²) in [5.41, 5.74) is 3.16. The summed E-state index contributed by atoms with van der Waals surface area (Å²) in [7, 11) is -1.67. The smallest absolute Gasteiger partial charge is 0.255 e. The number of hydrogen-bond donors (Lipinski definition) is 1. The van der Waals surface area contributed by atoms with E-state index in [0.717, 1.165) is 11.1 Å². The fourth-order valence-corrected chi connectivity index (χ4v) is 3.66. The van der Waals surface area contributed by atoms with E-state index in [1.54, 1.807) is 31.4 Å². The highest BCUT2D eigenvalue weighted by atomic mass is 32.2. The van der Waals surface area contributed by atoms with Crippen LogP contribution < -0.4 is 10.1 Å². The number of carbonyl (C=O) groups is 1. The first-order valence-corrected chi connectivity index (χ1v) is 9.74. The van der Waals surface area contributed by atoms with Gasteiger partial charge in [-0.05, 0) is 47.9 Å². The van der Waals surface area contributed by atoms with Crippen LogP contribution in [0.4, 0.5) is 5.69 Å². The molecule has 1 aliphatic rings. The molecule has 7 heteroatoms. The minimum absolute atomic E-state index is 0.241. The molecule has 0 saturated heterocycles. The second-order valence-electron chi connectivity index (χ2n) is 6.02. The molecule has 0 aliphatic carbocycles. The number of benzene rings is 2. The van der Waals surface area contributed by atoms with Crippen molar-refractivity contribution in [1.29, 1.82) is 0 Å². The maximum atomic E-state index is 12.4. The van der Waals surface area contributed by atoms with E-state index in [1.165, 1.54) is 10.6 Å². The van der Waals surface area contributed by atoms with Crippen LogP contribution in [0.5, 0.6) is 5.75 Å². The number of amides is 1. The van der Waals surface area contributed by atoms with Gasteiger partial charge in [0.15, 0.2) is 0 Å². The quantitative estimate of drug-likeness (QED) is 0.907. The fourth-order valence-electron chi connectivity index (χ4n) is 2.86. The van der Waals surface area contributed by atoms with E-state index in [4.69, 9.17) is 4.74 Å². The zero-order valence-corrected chi connectivity index (χ0v) is 15.0. The Morgan fingerprint density at radius 2 is 1.96 bits per heavy atom. The number of anilines is 1. The zero-order valence-electron chi connectivity index (χ0n) is 14.2. The molecule has 1 N–H and O–H groups in total. The lowest BCUT2D eigenvalue weighted by Crippen LogP contribution is -2.35. The topological polar surface area (TPSA) is 75.7 Å². The Hall–Kier alpha value is -2.38. The standard InChI is InChI=1S/C18H20N2O4S/c1-24-17-5-3-4-14(11-17)18(21)19-16-7-6-13-8-9-20(25(2,22)23)12-15(13)10-16/h3-7,10-11H,8-9,12H2,1-2H3,(H,19,21). The molecular weight excluding hydrogens is 340 g/mol. The van der Waals surface area contributed by atoms with Gasteiger partial charge in [-0.1, -0.05) is 12.1 Å². The molecule has 0 aromatic heterocycles. The first kappa shape index (κ1) is 17.4. The summed E-state index contributed by atoms with van der Waals surface area (Å²) in [5, 5.41) is 2.85. The molecule has 2 aromatic carbocycles. The van der Waals surface area contributed by atoms with Gasteiger partial charge in [-0.2, -0.15) is 4.31 Å². The SMILES string of the molecule is COc1cccc(C(=O)Nc2ccc3c(c2)CN(S(C)(=O)=O)CC3)c1. The van der Waals surface area contributed by atoms with Crippen molar-refractivity contribution in [3.05, 3.63) is 59.2 Å². The summed E-state index contributed by atoms with van der Waals surface area (Å²) in [6.45, 7) is 0.818. The lowest BCUT2D eigenvalue weighted by molar-refractivity contribution is 0.102. The molecule has 0 saturated carbocycles. The lowest BCUT2D eigenvalue weighted by Gasteiger charge is -2.27. The fraction of sp³-hybridized carbons (Fsp3) is 0.278. The highest BCUT2D eigenvalue weighted by Gasteiger charge is 2.23. The molecule has 0 fully saturated rings. The van der Waals surface area contributed by atoms with Crippen LogP contribution >= 0.6 is 0 Å². The van der Waals surface area contributed by atoms with Crippen molar-refractivity contribution in [2.24, 2.45) is 0 Å². The number of rotatable bonds is 4. The minimum Gasteiger partial charge on any atom is -0.497 e. The number of carbonyl (C=O) groups excluding carboxylic acids is 1. The Labute approximate surface area is 147 Å². The van der Waals surface area contributed by atoms with E-state index in [1.807, 2.05) is 18.2 Å². The molecule has 0 bridgehead atoms. The summed E-state index contributed by atoms with van der Waals surface area (Å²) in [4.78, 5) is 12.4. The number of nitrogens with one attached hydrogen (secondary N) is 1. The van der Waals surface area contributed by atoms with Crippen molar-refractivity contribution in [2.75, 3.05) is 25.2 Å². The number of ether oxygens (including phenoxy) is 1. The van der Waals surface area contributed by atoms with E-state index >= 15 is 0 Å². The average Bonchev–Trinajstić information content (AvgIpc) is 2.60. The van der Waals surface area contributed by atoms with Gasteiger partial charge >= 0.3 is 0 Å². The summed E-state index contributed by atoms with van der Waals surface area (Å²) in [6, 6.07) is 12.5. The van der Waals surface area contributed by atoms with Gasteiger partial charge in [0.05, 0.1) is 13.4 Å². The van der Waals surface area contributed by atoms with Crippen LogP contribution in [0.25, 0.3) is 0 Å². The van der Waals surface area contributed by atoms with Gasteiger partial charge in [0, 0.05) is 24.3 Å². The molecule has 132 valence electrons. The van der Waals surface area contributed by atoms with Gasteiger partial charge in [0.25, 0.3) is 5.91 Å². The van der Waals surface area contributed by atoms with Crippen molar-refractivity contribution < 1.29 is 17.9 Å². The Balaban J connectivity index is 1.79. The first-order chi connectivity index (χ1) is 11.9. The third-order valence-corrected chi connectivity index (χ3v) is 5.49. The van der Waals surface area contributed by atoms with E-state index in [9.17, 15) is 13.2 Å². The van der Waals surface area contributed by atoms with Gasteiger partial charge < -0.3 is 10.1 Å². The summed E-state index contributed by atoms with van der Waals surface area (Å²) < 4.78 is 30.1. The summed E-state index contributed by atoms with van der Waals surface area (Å²) >= 11 is 0. The van der Waals surface area contributed by atoms with Crippen molar-refractivity contribution >= 4 is 21.6 Å². The van der Waals surface area contributed by atoms with Gasteiger partial charge in [0.2, 0.25) is 10.0 Å². The van der Waals surface area contributed by atoms with E-state index in [2.05, 4.69) is 5.32 Å². The van der Waals surface area contributed by atoms with Crippen molar-refractivity contribution in [3.8, 4) is 5.75 Å². The van der Waals surface area contributed by atoms with Gasteiger partial charge in [0.1, 0.15) is 5.75 Å². The number of fused-ring (bicyclic) bond motifs is 1. The highest BCUT2D eigenvalue weighted by Crippen LogP contribution is 2.24. The third kappa shape index (κ3) is 4.00. The molecule has 2 aromatic rings. The molecule has 1 aliphatic heterocycles. The molecule has 25 heavy (non-hydrogen) atoms. The van der Waals surface area contributed by atoms with Crippen LogP contribution in [0.2, 0.25) is 0 Å². The molecule has 0 unspecified atom stereocenters. The Kier molecular flexibility index (Phi) is 4.78. The Bertz CT molecular complexity index is 909. The monoisotopic (exact) mass is 360 g/mol. The van der Waals surface area contributed by atoms with Crippen LogP contribution in [0.1, 0.15) is 21.5 Å². The summed E-state index contributed by atoms with van der Waals surface area (Å²) in [5.74, 6) is 0.372. The molecule has 0 spiro atoms. The largest absolute Gasteiger partial charge is 0.497 e. The van der Waals surface area contributed by atoms with Crippen LogP contribution in [0.3, 0.4) is 0 Å². The predicted octanol–water partition coefficient (Wildman–Crippen LogP) is 2.27. The number of sulfonamides is 1. The second kappa shape index (κ2) is 6.85.